The average Bonchev–Trinajstić information content (AvgIpc) is 2.80. The minimum Gasteiger partial charge on any atom is -0.493 e. The maximum atomic E-state index is 12.8. The van der Waals surface area contributed by atoms with Gasteiger partial charge in [-0.25, -0.2) is 4.98 Å². The van der Waals surface area contributed by atoms with Gasteiger partial charge in [-0.15, -0.1) is 0 Å². The van der Waals surface area contributed by atoms with E-state index in [1.54, 1.807) is 36.4 Å². The number of rotatable bonds is 10. The van der Waals surface area contributed by atoms with Gasteiger partial charge in [-0.05, 0) is 30.7 Å². The van der Waals surface area contributed by atoms with Gasteiger partial charge < -0.3 is 24.8 Å². The number of aryl methyl sites for hydroxylation is 1. The van der Waals surface area contributed by atoms with E-state index in [-0.39, 0.29) is 30.4 Å². The van der Waals surface area contributed by atoms with Crippen LogP contribution in [0.4, 0.5) is 11.4 Å². The van der Waals surface area contributed by atoms with Gasteiger partial charge in [0.1, 0.15) is 6.61 Å². The fourth-order valence-electron chi connectivity index (χ4n) is 3.28. The minimum absolute atomic E-state index is 0.0556. The van der Waals surface area contributed by atoms with Gasteiger partial charge in [0.15, 0.2) is 11.5 Å². The summed E-state index contributed by atoms with van der Waals surface area (Å²) < 4.78 is 16.8. The number of aromatic nitrogens is 2. The Hall–Kier alpha value is -3.92. The summed E-state index contributed by atoms with van der Waals surface area (Å²) in [6, 6.07) is 10.1. The fourth-order valence-corrected chi connectivity index (χ4v) is 3.28. The molecule has 174 valence electrons. The van der Waals surface area contributed by atoms with Crippen LogP contribution in [0.15, 0.2) is 47.5 Å². The van der Waals surface area contributed by atoms with Gasteiger partial charge in [-0.1, -0.05) is 6.07 Å². The van der Waals surface area contributed by atoms with Crippen LogP contribution in [-0.2, 0) is 20.9 Å². The van der Waals surface area contributed by atoms with Gasteiger partial charge in [0, 0.05) is 37.5 Å². The number of carbonyl (C=O) groups excluding carboxylic acids is 2. The van der Waals surface area contributed by atoms with Crippen LogP contribution in [0.5, 0.6) is 11.5 Å². The molecule has 0 saturated carbocycles. The quantitative estimate of drug-likeness (QED) is 0.483. The number of hydrogen-bond donors (Lipinski definition) is 2. The van der Waals surface area contributed by atoms with Crippen molar-refractivity contribution in [3.63, 3.8) is 0 Å². The molecular formula is C23H26N4O6. The average molecular weight is 454 g/mol. The molecule has 0 aliphatic heterocycles. The van der Waals surface area contributed by atoms with Gasteiger partial charge in [0.25, 0.3) is 5.56 Å². The summed E-state index contributed by atoms with van der Waals surface area (Å²) in [7, 11) is 4.45. The molecule has 33 heavy (non-hydrogen) atoms. The highest BCUT2D eigenvalue weighted by Crippen LogP contribution is 2.29. The summed E-state index contributed by atoms with van der Waals surface area (Å²) in [5.74, 6) is 0.449. The van der Waals surface area contributed by atoms with Crippen LogP contribution >= 0.6 is 0 Å². The second-order valence-corrected chi connectivity index (χ2v) is 7.18. The van der Waals surface area contributed by atoms with Crippen LogP contribution in [0.1, 0.15) is 12.8 Å². The van der Waals surface area contributed by atoms with Crippen molar-refractivity contribution in [2.75, 3.05) is 38.6 Å². The summed E-state index contributed by atoms with van der Waals surface area (Å²) in [5, 5.41) is 5.88. The zero-order valence-corrected chi connectivity index (χ0v) is 18.7. The van der Waals surface area contributed by atoms with Gasteiger partial charge in [-0.2, -0.15) is 0 Å². The Kier molecular flexibility index (Phi) is 7.98. The van der Waals surface area contributed by atoms with Gasteiger partial charge in [0.2, 0.25) is 11.8 Å². The molecule has 0 saturated heterocycles. The first kappa shape index (κ1) is 23.7. The first-order valence-electron chi connectivity index (χ1n) is 10.2. The smallest absolute Gasteiger partial charge is 0.261 e. The molecule has 1 heterocycles. The van der Waals surface area contributed by atoms with E-state index in [4.69, 9.17) is 14.2 Å². The normalized spacial score (nSPS) is 10.6. The van der Waals surface area contributed by atoms with Crippen molar-refractivity contribution in [2.45, 2.75) is 19.4 Å². The van der Waals surface area contributed by atoms with Crippen molar-refractivity contribution in [3.05, 3.63) is 53.1 Å². The molecule has 1 aromatic heterocycles. The van der Waals surface area contributed by atoms with Crippen molar-refractivity contribution in [3.8, 4) is 11.5 Å². The maximum absolute atomic E-state index is 12.8. The molecule has 0 aliphatic rings. The highest BCUT2D eigenvalue weighted by atomic mass is 16.5. The zero-order chi connectivity index (χ0) is 23.8. The second-order valence-electron chi connectivity index (χ2n) is 7.18. The molecule has 2 N–H and O–H groups in total. The van der Waals surface area contributed by atoms with E-state index in [1.807, 2.05) is 0 Å². The maximum Gasteiger partial charge on any atom is 0.261 e. The van der Waals surface area contributed by atoms with Crippen LogP contribution in [0.3, 0.4) is 0 Å². The molecule has 2 aromatic carbocycles. The first-order chi connectivity index (χ1) is 15.9. The van der Waals surface area contributed by atoms with E-state index >= 15 is 0 Å². The highest BCUT2D eigenvalue weighted by Gasteiger charge is 2.12. The molecule has 0 atom stereocenters. The number of hydrogen-bond acceptors (Lipinski definition) is 7. The lowest BCUT2D eigenvalue weighted by molar-refractivity contribution is -0.119. The minimum atomic E-state index is -0.286. The first-order valence-corrected chi connectivity index (χ1v) is 10.2. The molecule has 0 bridgehead atoms. The highest BCUT2D eigenvalue weighted by molar-refractivity contribution is 5.94. The molecule has 10 heteroatoms. The standard InChI is InChI=1S/C23H26N4O6/c1-31-13-22(29)26-16-7-4-6-15(10-16)25-21(28)8-5-9-27-14-24-18-12-20(33-3)19(32-2)11-17(18)23(27)30/h4,6-7,10-12,14H,5,8-9,13H2,1-3H3,(H,25,28)(H,26,29). The van der Waals surface area contributed by atoms with E-state index in [0.29, 0.717) is 46.7 Å². The third-order valence-corrected chi connectivity index (χ3v) is 4.84. The fraction of sp³-hybridized carbons (Fsp3) is 0.304. The Morgan fingerprint density at radius 3 is 2.30 bits per heavy atom. The zero-order valence-electron chi connectivity index (χ0n) is 18.7. The SMILES string of the molecule is COCC(=O)Nc1cccc(NC(=O)CCCn2cnc3cc(OC)c(OC)cc3c2=O)c1. The molecule has 2 amide bonds. The van der Waals surface area contributed by atoms with Crippen molar-refractivity contribution in [1.82, 2.24) is 9.55 Å². The van der Waals surface area contributed by atoms with Crippen molar-refractivity contribution in [1.29, 1.82) is 0 Å². The predicted molar refractivity (Wildman–Crippen MR) is 124 cm³/mol. The van der Waals surface area contributed by atoms with E-state index in [0.717, 1.165) is 0 Å². The third kappa shape index (κ3) is 6.07. The van der Waals surface area contributed by atoms with E-state index < -0.39 is 0 Å². The Labute approximate surface area is 190 Å². The van der Waals surface area contributed by atoms with Crippen molar-refractivity contribution < 1.29 is 23.8 Å². The molecular weight excluding hydrogens is 428 g/mol. The van der Waals surface area contributed by atoms with Crippen molar-refractivity contribution in [2.24, 2.45) is 0 Å². The van der Waals surface area contributed by atoms with Crippen LogP contribution in [0.25, 0.3) is 10.9 Å². The summed E-state index contributed by atoms with van der Waals surface area (Å²) in [6.45, 7) is 0.274. The van der Waals surface area contributed by atoms with Crippen LogP contribution in [-0.4, -0.2) is 49.3 Å². The van der Waals surface area contributed by atoms with Crippen LogP contribution in [0, 0.1) is 0 Å². The van der Waals surface area contributed by atoms with E-state index in [2.05, 4.69) is 15.6 Å². The number of methoxy groups -OCH3 is 3. The predicted octanol–water partition coefficient (Wildman–Crippen LogP) is 2.42. The Bertz CT molecular complexity index is 1210. The number of nitrogens with one attached hydrogen (secondary N) is 2. The van der Waals surface area contributed by atoms with Crippen molar-refractivity contribution >= 4 is 34.1 Å². The molecule has 0 unspecified atom stereocenters. The second kappa shape index (κ2) is 11.1. The lowest BCUT2D eigenvalue weighted by atomic mass is 10.2. The Balaban J connectivity index is 1.60. The number of nitrogens with zero attached hydrogens (tertiary/aromatic N) is 2. The number of anilines is 2. The Morgan fingerprint density at radius 2 is 1.64 bits per heavy atom. The largest absolute Gasteiger partial charge is 0.493 e. The lowest BCUT2D eigenvalue weighted by Crippen LogP contribution is -2.22. The number of benzene rings is 2. The number of carbonyl (C=O) groups is 2. The van der Waals surface area contributed by atoms with Crippen LogP contribution in [0.2, 0.25) is 0 Å². The van der Waals surface area contributed by atoms with Gasteiger partial charge in [-0.3, -0.25) is 19.0 Å². The third-order valence-electron chi connectivity index (χ3n) is 4.84. The molecule has 0 spiro atoms. The molecule has 10 nitrogen and oxygen atoms in total. The summed E-state index contributed by atoms with van der Waals surface area (Å²) in [4.78, 5) is 41.1. The summed E-state index contributed by atoms with van der Waals surface area (Å²) in [6.07, 6.45) is 2.10. The van der Waals surface area contributed by atoms with Crippen LogP contribution < -0.4 is 25.7 Å². The Morgan fingerprint density at radius 1 is 0.970 bits per heavy atom. The number of fused-ring (bicyclic) bond motifs is 1. The van der Waals surface area contributed by atoms with E-state index in [1.165, 1.54) is 32.2 Å². The molecule has 3 rings (SSSR count). The monoisotopic (exact) mass is 454 g/mol. The summed E-state index contributed by atoms with van der Waals surface area (Å²) >= 11 is 0. The summed E-state index contributed by atoms with van der Waals surface area (Å²) in [5.41, 5.74) is 1.39. The lowest BCUT2D eigenvalue weighted by Gasteiger charge is -2.11. The molecule has 3 aromatic rings. The topological polar surface area (TPSA) is 121 Å². The van der Waals surface area contributed by atoms with Gasteiger partial charge in [0.05, 0.1) is 31.4 Å². The number of amides is 2. The molecule has 0 aliphatic carbocycles. The molecule has 0 fully saturated rings. The number of ether oxygens (including phenoxy) is 3. The van der Waals surface area contributed by atoms with E-state index in [9.17, 15) is 14.4 Å². The molecule has 0 radical (unpaired) electrons. The van der Waals surface area contributed by atoms with Gasteiger partial charge >= 0.3 is 0 Å².